The number of amides is 3. The fourth-order valence-corrected chi connectivity index (χ4v) is 4.33. The summed E-state index contributed by atoms with van der Waals surface area (Å²) in [5.41, 5.74) is 0. The lowest BCUT2D eigenvalue weighted by molar-refractivity contribution is -0.143. The number of aliphatic carboxylic acids is 4. The molecule has 0 aliphatic rings. The zero-order valence-corrected chi connectivity index (χ0v) is 29.3. The zero-order chi connectivity index (χ0) is 38.2. The molecule has 0 saturated carbocycles. The number of carboxylic acid groups (broad SMARTS) is 4. The van der Waals surface area contributed by atoms with Crippen molar-refractivity contribution in [2.75, 3.05) is 105 Å². The lowest BCUT2D eigenvalue weighted by Gasteiger charge is -2.26. The van der Waals surface area contributed by atoms with Crippen molar-refractivity contribution in [2.24, 2.45) is 5.92 Å². The van der Waals surface area contributed by atoms with E-state index in [-0.39, 0.29) is 83.2 Å². The largest absolute Gasteiger partial charge is 0.480 e. The highest BCUT2D eigenvalue weighted by Gasteiger charge is 2.21. The summed E-state index contributed by atoms with van der Waals surface area (Å²) in [6, 6.07) is 0.214. The van der Waals surface area contributed by atoms with E-state index in [1.807, 2.05) is 13.8 Å². The molecule has 0 atom stereocenters. The number of carboxylic acids is 4. The Bertz CT molecular complexity index is 1110. The first-order valence-corrected chi connectivity index (χ1v) is 16.2. The normalized spacial score (nSPS) is 11.4. The highest BCUT2D eigenvalue weighted by molar-refractivity contribution is 5.84. The minimum atomic E-state index is -1.24. The number of nitrogens with one attached hydrogen (secondary N) is 4. The first kappa shape index (κ1) is 45.8. The number of Topliss-reactive ketones (excluding diaryl/α,β-unsaturated/α-hetero) is 1. The number of carbonyl (C=O) groups excluding carboxylic acids is 4. The lowest BCUT2D eigenvalue weighted by atomic mass is 10.1. The maximum Gasteiger partial charge on any atom is 0.317 e. The molecule has 0 unspecified atom stereocenters. The number of carbonyl (C=O) groups is 8. The molecule has 8 N–H and O–H groups in total. The van der Waals surface area contributed by atoms with E-state index in [9.17, 15) is 38.4 Å². The second kappa shape index (κ2) is 25.7. The Morgan fingerprint density at radius 3 is 1.00 bits per heavy atom. The monoisotopic (exact) mass is 718 g/mol. The Hall–Kier alpha value is -4.24. The van der Waals surface area contributed by atoms with Crippen LogP contribution in [0.2, 0.25) is 0 Å². The predicted octanol–water partition coefficient (Wildman–Crippen LogP) is -3.90. The van der Waals surface area contributed by atoms with Crippen LogP contribution in [0.5, 0.6) is 0 Å². The number of nitrogens with zero attached hydrogens (tertiary/aromatic N) is 4. The Morgan fingerprint density at radius 1 is 0.440 bits per heavy atom. The van der Waals surface area contributed by atoms with Crippen LogP contribution < -0.4 is 21.3 Å². The van der Waals surface area contributed by atoms with Crippen molar-refractivity contribution < 1.29 is 58.8 Å². The molecule has 0 saturated heterocycles. The summed E-state index contributed by atoms with van der Waals surface area (Å²) in [5, 5.41) is 47.5. The Kier molecular flexibility index (Phi) is 23.5. The van der Waals surface area contributed by atoms with Crippen molar-refractivity contribution >= 4 is 47.4 Å². The molecule has 0 radical (unpaired) electrons. The van der Waals surface area contributed by atoms with Crippen LogP contribution in [0.15, 0.2) is 0 Å². The van der Waals surface area contributed by atoms with Gasteiger partial charge in [0.15, 0.2) is 0 Å². The SMILES string of the molecule is CC(C)NCCNC(=O)CN(CCN(CC(=O)O)CC(=O)O)CC(=O)NCCNC(=O)CN(CCN(CC(=O)O)CC(=O)O)CC(=O)C(C)C. The topological polar surface area (TPSA) is 279 Å². The lowest BCUT2D eigenvalue weighted by Crippen LogP contribution is -2.48. The average Bonchev–Trinajstić information content (AvgIpc) is 2.97. The van der Waals surface area contributed by atoms with Gasteiger partial charge in [0, 0.05) is 64.3 Å². The van der Waals surface area contributed by atoms with Crippen molar-refractivity contribution in [1.29, 1.82) is 0 Å². The molecule has 0 aromatic rings. The zero-order valence-electron chi connectivity index (χ0n) is 29.3. The minimum Gasteiger partial charge on any atom is -0.480 e. The number of hydrogen-bond acceptors (Lipinski definition) is 13. The number of rotatable bonds is 30. The Morgan fingerprint density at radius 2 is 0.720 bits per heavy atom. The van der Waals surface area contributed by atoms with Gasteiger partial charge < -0.3 is 41.7 Å². The molecule has 286 valence electrons. The first-order valence-electron chi connectivity index (χ1n) is 16.2. The molecule has 20 heteroatoms. The molecule has 0 aromatic heterocycles. The van der Waals surface area contributed by atoms with E-state index in [2.05, 4.69) is 21.3 Å². The second-order valence-corrected chi connectivity index (χ2v) is 12.2. The summed E-state index contributed by atoms with van der Waals surface area (Å²) in [7, 11) is 0. The van der Waals surface area contributed by atoms with Gasteiger partial charge in [0.2, 0.25) is 17.7 Å². The van der Waals surface area contributed by atoms with Crippen LogP contribution in [0.25, 0.3) is 0 Å². The second-order valence-electron chi connectivity index (χ2n) is 12.2. The van der Waals surface area contributed by atoms with Crippen LogP contribution in [0.3, 0.4) is 0 Å². The summed E-state index contributed by atoms with van der Waals surface area (Å²) in [6.45, 7) is 5.01. The summed E-state index contributed by atoms with van der Waals surface area (Å²) in [6.07, 6.45) is 0. The Labute approximate surface area is 291 Å². The molecule has 20 nitrogen and oxygen atoms in total. The predicted molar refractivity (Wildman–Crippen MR) is 178 cm³/mol. The molecule has 0 aliphatic heterocycles. The highest BCUT2D eigenvalue weighted by Crippen LogP contribution is 2.00. The fourth-order valence-electron chi connectivity index (χ4n) is 4.33. The Balaban J connectivity index is 5.19. The van der Waals surface area contributed by atoms with Crippen LogP contribution in [-0.4, -0.2) is 198 Å². The fraction of sp³-hybridized carbons (Fsp3) is 0.733. The third-order valence-corrected chi connectivity index (χ3v) is 6.79. The van der Waals surface area contributed by atoms with Gasteiger partial charge in [-0.15, -0.1) is 0 Å². The number of ketones is 1. The van der Waals surface area contributed by atoms with Crippen molar-refractivity contribution in [3.8, 4) is 0 Å². The van der Waals surface area contributed by atoms with Gasteiger partial charge in [-0.25, -0.2) is 0 Å². The van der Waals surface area contributed by atoms with Crippen molar-refractivity contribution in [3.63, 3.8) is 0 Å². The van der Waals surface area contributed by atoms with E-state index >= 15 is 0 Å². The van der Waals surface area contributed by atoms with E-state index in [0.29, 0.717) is 13.1 Å². The summed E-state index contributed by atoms with van der Waals surface area (Å²) in [4.78, 5) is 100. The van der Waals surface area contributed by atoms with Gasteiger partial charge in [0.1, 0.15) is 5.78 Å². The van der Waals surface area contributed by atoms with Crippen LogP contribution in [0.1, 0.15) is 27.7 Å². The maximum atomic E-state index is 12.7. The van der Waals surface area contributed by atoms with Gasteiger partial charge in [0.25, 0.3) is 0 Å². The molecule has 0 fully saturated rings. The smallest absolute Gasteiger partial charge is 0.317 e. The van der Waals surface area contributed by atoms with Gasteiger partial charge in [-0.05, 0) is 0 Å². The van der Waals surface area contributed by atoms with E-state index in [0.717, 1.165) is 9.80 Å². The van der Waals surface area contributed by atoms with Gasteiger partial charge in [-0.1, -0.05) is 27.7 Å². The maximum absolute atomic E-state index is 12.7. The van der Waals surface area contributed by atoms with E-state index < -0.39 is 67.8 Å². The molecule has 50 heavy (non-hydrogen) atoms. The van der Waals surface area contributed by atoms with Crippen molar-refractivity contribution in [3.05, 3.63) is 0 Å². The summed E-state index contributed by atoms with van der Waals surface area (Å²) in [5.74, 6) is -6.85. The standard InChI is InChI=1S/C30H54N8O12/c1-21(2)23(39)13-35(9-11-37(17-27(43)44)18-28(45)46)14-24(40)33-7-8-34-26(42)16-36(15-25(41)32-6-5-31-22(3)4)10-12-38(19-29(47)48)20-30(49)50/h21-22,31H,5-20H2,1-4H3,(H,32,41)(H,33,40)(H,34,42)(H,43,44)(H,45,46)(H,47,48)(H,49,50). The van der Waals surface area contributed by atoms with E-state index in [1.165, 1.54) is 9.80 Å². The van der Waals surface area contributed by atoms with E-state index in [1.54, 1.807) is 13.8 Å². The van der Waals surface area contributed by atoms with Crippen molar-refractivity contribution in [1.82, 2.24) is 40.9 Å². The van der Waals surface area contributed by atoms with Gasteiger partial charge >= 0.3 is 23.9 Å². The molecule has 0 rings (SSSR count). The number of hydrogen-bond donors (Lipinski definition) is 8. The van der Waals surface area contributed by atoms with Crippen LogP contribution >= 0.6 is 0 Å². The summed E-state index contributed by atoms with van der Waals surface area (Å²) < 4.78 is 0. The quantitative estimate of drug-likeness (QED) is 0.0330. The third kappa shape index (κ3) is 25.7. The van der Waals surface area contributed by atoms with Crippen LogP contribution in [-0.2, 0) is 38.4 Å². The molecule has 3 amide bonds. The molecule has 0 bridgehead atoms. The van der Waals surface area contributed by atoms with Crippen LogP contribution in [0.4, 0.5) is 0 Å². The molecule has 0 heterocycles. The minimum absolute atomic E-state index is 0.00364. The van der Waals surface area contributed by atoms with Gasteiger partial charge in [-0.3, -0.25) is 58.0 Å². The van der Waals surface area contributed by atoms with Crippen LogP contribution in [0, 0.1) is 5.92 Å². The molecule has 0 aliphatic carbocycles. The molecule has 0 aromatic carbocycles. The molecule has 0 spiro atoms. The third-order valence-electron chi connectivity index (χ3n) is 6.79. The summed E-state index contributed by atoms with van der Waals surface area (Å²) >= 11 is 0. The highest BCUT2D eigenvalue weighted by atomic mass is 16.4. The van der Waals surface area contributed by atoms with Crippen molar-refractivity contribution in [2.45, 2.75) is 33.7 Å². The molecular formula is C30H54N8O12. The first-order chi connectivity index (χ1) is 23.4. The average molecular weight is 719 g/mol. The van der Waals surface area contributed by atoms with Gasteiger partial charge in [0.05, 0.1) is 52.4 Å². The van der Waals surface area contributed by atoms with Gasteiger partial charge in [-0.2, -0.15) is 0 Å². The molecular weight excluding hydrogens is 664 g/mol. The van der Waals surface area contributed by atoms with E-state index in [4.69, 9.17) is 20.4 Å².